The summed E-state index contributed by atoms with van der Waals surface area (Å²) in [5, 5.41) is 8.09. The van der Waals surface area contributed by atoms with E-state index in [-0.39, 0.29) is 11.9 Å². The van der Waals surface area contributed by atoms with E-state index in [0.29, 0.717) is 13.0 Å². The second kappa shape index (κ2) is 7.03. The SMILES string of the molecule is CC(Cl)C(=O)N(CCC#N)C(C)c1ccccc1. The van der Waals surface area contributed by atoms with Crippen LogP contribution in [0.25, 0.3) is 0 Å². The van der Waals surface area contributed by atoms with Crippen molar-refractivity contribution in [2.45, 2.75) is 31.7 Å². The third-order valence-electron chi connectivity index (χ3n) is 2.84. The molecule has 0 saturated carbocycles. The van der Waals surface area contributed by atoms with E-state index in [1.165, 1.54) is 0 Å². The van der Waals surface area contributed by atoms with Gasteiger partial charge >= 0.3 is 0 Å². The van der Waals surface area contributed by atoms with Crippen molar-refractivity contribution < 1.29 is 4.79 Å². The number of alkyl halides is 1. The number of hydrogen-bond donors (Lipinski definition) is 0. The van der Waals surface area contributed by atoms with Crippen LogP contribution < -0.4 is 0 Å². The second-order valence-electron chi connectivity index (χ2n) is 4.14. The first-order chi connectivity index (χ1) is 8.57. The summed E-state index contributed by atoms with van der Waals surface area (Å²) in [6, 6.07) is 11.7. The molecule has 1 aromatic carbocycles. The van der Waals surface area contributed by atoms with Crippen molar-refractivity contribution in [3.8, 4) is 6.07 Å². The lowest BCUT2D eigenvalue weighted by Gasteiger charge is -2.30. The van der Waals surface area contributed by atoms with Crippen molar-refractivity contribution in [3.05, 3.63) is 35.9 Å². The third-order valence-corrected chi connectivity index (χ3v) is 3.02. The van der Waals surface area contributed by atoms with Crippen LogP contribution in [-0.4, -0.2) is 22.7 Å². The van der Waals surface area contributed by atoms with Gasteiger partial charge in [0.05, 0.1) is 18.5 Å². The number of amides is 1. The zero-order valence-electron chi connectivity index (χ0n) is 10.6. The van der Waals surface area contributed by atoms with E-state index in [2.05, 4.69) is 6.07 Å². The average Bonchev–Trinajstić information content (AvgIpc) is 2.39. The van der Waals surface area contributed by atoms with Gasteiger partial charge in [-0.2, -0.15) is 5.26 Å². The molecule has 0 spiro atoms. The minimum absolute atomic E-state index is 0.0757. The fraction of sp³-hybridized carbons (Fsp3) is 0.429. The number of hydrogen-bond acceptors (Lipinski definition) is 2. The smallest absolute Gasteiger partial charge is 0.240 e. The molecule has 4 heteroatoms. The Balaban J connectivity index is 2.89. The zero-order valence-corrected chi connectivity index (χ0v) is 11.4. The normalized spacial score (nSPS) is 13.4. The van der Waals surface area contributed by atoms with E-state index in [1.54, 1.807) is 11.8 Å². The van der Waals surface area contributed by atoms with Gasteiger partial charge in [-0.25, -0.2) is 0 Å². The number of benzene rings is 1. The average molecular weight is 265 g/mol. The molecule has 0 aliphatic heterocycles. The van der Waals surface area contributed by atoms with Crippen molar-refractivity contribution in [2.24, 2.45) is 0 Å². The van der Waals surface area contributed by atoms with Crippen LogP contribution >= 0.6 is 11.6 Å². The van der Waals surface area contributed by atoms with Gasteiger partial charge in [-0.15, -0.1) is 11.6 Å². The fourth-order valence-corrected chi connectivity index (χ4v) is 1.93. The maximum atomic E-state index is 12.0. The summed E-state index contributed by atoms with van der Waals surface area (Å²) in [7, 11) is 0. The van der Waals surface area contributed by atoms with E-state index >= 15 is 0 Å². The number of halogens is 1. The lowest BCUT2D eigenvalue weighted by Crippen LogP contribution is -2.38. The molecular formula is C14H17ClN2O. The number of nitrogens with zero attached hydrogens (tertiary/aromatic N) is 2. The molecule has 18 heavy (non-hydrogen) atoms. The molecule has 0 N–H and O–H groups in total. The Kier molecular flexibility index (Phi) is 5.67. The Bertz CT molecular complexity index is 425. The van der Waals surface area contributed by atoms with E-state index < -0.39 is 5.38 Å². The lowest BCUT2D eigenvalue weighted by atomic mass is 10.1. The van der Waals surface area contributed by atoms with Crippen molar-refractivity contribution in [1.29, 1.82) is 5.26 Å². The highest BCUT2D eigenvalue weighted by Gasteiger charge is 2.24. The maximum absolute atomic E-state index is 12.0. The highest BCUT2D eigenvalue weighted by Crippen LogP contribution is 2.21. The summed E-state index contributed by atoms with van der Waals surface area (Å²) < 4.78 is 0. The Morgan fingerprint density at radius 2 is 2.00 bits per heavy atom. The van der Waals surface area contributed by atoms with Gasteiger partial charge in [0.2, 0.25) is 5.91 Å². The van der Waals surface area contributed by atoms with Gasteiger partial charge < -0.3 is 4.90 Å². The summed E-state index contributed by atoms with van der Waals surface area (Å²) >= 11 is 5.86. The summed E-state index contributed by atoms with van der Waals surface area (Å²) in [5.74, 6) is -0.136. The molecule has 0 saturated heterocycles. The number of rotatable bonds is 5. The van der Waals surface area contributed by atoms with E-state index in [0.717, 1.165) is 5.56 Å². The van der Waals surface area contributed by atoms with Gasteiger partial charge in [-0.1, -0.05) is 30.3 Å². The second-order valence-corrected chi connectivity index (χ2v) is 4.80. The Hall–Kier alpha value is -1.53. The van der Waals surface area contributed by atoms with Crippen LogP contribution in [0.2, 0.25) is 0 Å². The van der Waals surface area contributed by atoms with Crippen LogP contribution in [0.3, 0.4) is 0 Å². The monoisotopic (exact) mass is 264 g/mol. The Morgan fingerprint density at radius 1 is 1.39 bits per heavy atom. The fourth-order valence-electron chi connectivity index (χ4n) is 1.81. The maximum Gasteiger partial charge on any atom is 0.240 e. The number of carbonyl (C=O) groups is 1. The van der Waals surface area contributed by atoms with Crippen LogP contribution in [0.5, 0.6) is 0 Å². The third kappa shape index (κ3) is 3.75. The van der Waals surface area contributed by atoms with Gasteiger partial charge in [-0.05, 0) is 19.4 Å². The van der Waals surface area contributed by atoms with Crippen molar-refractivity contribution in [2.75, 3.05) is 6.54 Å². The van der Waals surface area contributed by atoms with Gasteiger partial charge in [0, 0.05) is 6.54 Å². The predicted octanol–water partition coefficient (Wildman–Crippen LogP) is 3.12. The van der Waals surface area contributed by atoms with Crippen LogP contribution in [0.4, 0.5) is 0 Å². The standard InChI is InChI=1S/C14H17ClN2O/c1-11(15)14(18)17(10-6-9-16)12(2)13-7-4-3-5-8-13/h3-5,7-8,11-12H,6,10H2,1-2H3. The molecule has 0 aromatic heterocycles. The summed E-state index contributed by atoms with van der Waals surface area (Å²) in [5.41, 5.74) is 1.04. The minimum Gasteiger partial charge on any atom is -0.334 e. The first-order valence-electron chi connectivity index (χ1n) is 5.94. The van der Waals surface area contributed by atoms with Gasteiger partial charge in [0.15, 0.2) is 0 Å². The van der Waals surface area contributed by atoms with Crippen LogP contribution in [-0.2, 0) is 4.79 Å². The first-order valence-corrected chi connectivity index (χ1v) is 6.38. The van der Waals surface area contributed by atoms with E-state index in [1.807, 2.05) is 37.3 Å². The van der Waals surface area contributed by atoms with Gasteiger partial charge in [0.25, 0.3) is 0 Å². The van der Waals surface area contributed by atoms with Gasteiger partial charge in [0.1, 0.15) is 5.38 Å². The Labute approximate surface area is 113 Å². The van der Waals surface area contributed by atoms with Crippen molar-refractivity contribution in [3.63, 3.8) is 0 Å². The molecule has 96 valence electrons. The highest BCUT2D eigenvalue weighted by molar-refractivity contribution is 6.30. The van der Waals surface area contributed by atoms with Crippen LogP contribution in [0.1, 0.15) is 31.9 Å². The molecule has 0 fully saturated rings. The van der Waals surface area contributed by atoms with Crippen LogP contribution in [0, 0.1) is 11.3 Å². The highest BCUT2D eigenvalue weighted by atomic mass is 35.5. The molecule has 0 aliphatic rings. The molecule has 1 amide bonds. The summed E-state index contributed by atoms with van der Waals surface area (Å²) in [6.45, 7) is 4.01. The molecule has 3 nitrogen and oxygen atoms in total. The summed E-state index contributed by atoms with van der Waals surface area (Å²) in [6.07, 6.45) is 0.312. The topological polar surface area (TPSA) is 44.1 Å². The van der Waals surface area contributed by atoms with E-state index in [4.69, 9.17) is 16.9 Å². The largest absolute Gasteiger partial charge is 0.334 e. The molecule has 0 bridgehead atoms. The van der Waals surface area contributed by atoms with Crippen molar-refractivity contribution >= 4 is 17.5 Å². The molecule has 0 aliphatic carbocycles. The molecular weight excluding hydrogens is 248 g/mol. The molecule has 0 radical (unpaired) electrons. The summed E-state index contributed by atoms with van der Waals surface area (Å²) in [4.78, 5) is 13.7. The molecule has 0 heterocycles. The number of carbonyl (C=O) groups excluding carboxylic acids is 1. The first kappa shape index (κ1) is 14.5. The van der Waals surface area contributed by atoms with Crippen LogP contribution in [0.15, 0.2) is 30.3 Å². The molecule has 2 atom stereocenters. The minimum atomic E-state index is -0.574. The quantitative estimate of drug-likeness (QED) is 0.767. The number of nitriles is 1. The molecule has 2 unspecified atom stereocenters. The van der Waals surface area contributed by atoms with Crippen molar-refractivity contribution in [1.82, 2.24) is 4.90 Å². The zero-order chi connectivity index (χ0) is 13.5. The van der Waals surface area contributed by atoms with E-state index in [9.17, 15) is 4.79 Å². The lowest BCUT2D eigenvalue weighted by molar-refractivity contribution is -0.132. The molecule has 1 aromatic rings. The Morgan fingerprint density at radius 3 is 2.50 bits per heavy atom. The predicted molar refractivity (Wildman–Crippen MR) is 72.1 cm³/mol. The molecule has 1 rings (SSSR count). The van der Waals surface area contributed by atoms with Gasteiger partial charge in [-0.3, -0.25) is 4.79 Å².